The van der Waals surface area contributed by atoms with Crippen LogP contribution in [0, 0.1) is 23.3 Å². The molecule has 62 valence electrons. The molecule has 0 heterocycles. The van der Waals surface area contributed by atoms with Crippen molar-refractivity contribution in [2.75, 3.05) is 0 Å². The molecule has 0 aromatic heterocycles. The van der Waals surface area contributed by atoms with Crippen LogP contribution in [0.3, 0.4) is 0 Å². The van der Waals surface area contributed by atoms with Crippen LogP contribution in [0.1, 0.15) is 0 Å². The van der Waals surface area contributed by atoms with Gasteiger partial charge in [-0.3, -0.25) is 0 Å². The third-order valence-corrected chi connectivity index (χ3v) is 2.01. The van der Waals surface area contributed by atoms with E-state index in [0.29, 0.717) is 6.07 Å². The molecule has 0 fully saturated rings. The minimum absolute atomic E-state index is 0.110. The average Bonchev–Trinajstić information content (AvgIpc) is 1.97. The monoisotopic (exact) mass is 184 g/mol. The molecule has 0 nitrogen and oxygen atoms in total. The molecule has 0 spiro atoms. The first-order valence-corrected chi connectivity index (χ1v) is 3.83. The van der Waals surface area contributed by atoms with E-state index in [9.17, 15) is 17.6 Å². The second-order valence-electron chi connectivity index (χ2n) is 2.12. The van der Waals surface area contributed by atoms with Gasteiger partial charge in [-0.1, -0.05) is 0 Å². The average molecular weight is 184 g/mol. The third kappa shape index (κ3) is 1.36. The quantitative estimate of drug-likeness (QED) is 0.246. The van der Waals surface area contributed by atoms with Crippen LogP contribution in [0.25, 0.3) is 0 Å². The Balaban J connectivity index is 3.46. The number of rotatable bonds is 0. The van der Waals surface area contributed by atoms with E-state index in [0.717, 1.165) is 0 Å². The maximum absolute atomic E-state index is 12.4. The second kappa shape index (κ2) is 2.78. The van der Waals surface area contributed by atoms with E-state index in [2.05, 4.69) is 0 Å². The van der Waals surface area contributed by atoms with Crippen LogP contribution in [0.15, 0.2) is 6.07 Å². The van der Waals surface area contributed by atoms with Crippen molar-refractivity contribution in [2.24, 2.45) is 0 Å². The molecule has 5 heteroatoms. The fourth-order valence-corrected chi connectivity index (χ4v) is 1.16. The van der Waals surface area contributed by atoms with Crippen LogP contribution in [0.2, 0.25) is 0 Å². The van der Waals surface area contributed by atoms with Crippen molar-refractivity contribution in [3.8, 4) is 0 Å². The van der Waals surface area contributed by atoms with Gasteiger partial charge in [0, 0.05) is 0 Å². The molecule has 0 aliphatic rings. The summed E-state index contributed by atoms with van der Waals surface area (Å²) in [6.07, 6.45) is 0. The van der Waals surface area contributed by atoms with Crippen molar-refractivity contribution in [1.82, 2.24) is 0 Å². The van der Waals surface area contributed by atoms with Crippen molar-refractivity contribution in [1.29, 1.82) is 0 Å². The molecule has 0 amide bonds. The Morgan fingerprint density at radius 3 is 2.00 bits per heavy atom. The van der Waals surface area contributed by atoms with E-state index in [1.807, 2.05) is 0 Å². The second-order valence-corrected chi connectivity index (χ2v) is 3.19. The predicted octanol–water partition coefficient (Wildman–Crippen LogP) is 1.21. The Labute approximate surface area is 62.4 Å². The van der Waals surface area contributed by atoms with Gasteiger partial charge in [-0.2, -0.15) is 0 Å². The summed E-state index contributed by atoms with van der Waals surface area (Å²) < 4.78 is 49.2. The predicted molar refractivity (Wildman–Crippen MR) is 38.4 cm³/mol. The Bertz CT molecular complexity index is 271. The van der Waals surface area contributed by atoms with Gasteiger partial charge in [0.15, 0.2) is 0 Å². The number of hydrogen-bond acceptors (Lipinski definition) is 0. The topological polar surface area (TPSA) is 0 Å². The summed E-state index contributed by atoms with van der Waals surface area (Å²) >= 11 is 0. The van der Waals surface area contributed by atoms with Gasteiger partial charge in [0.05, 0.1) is 0 Å². The zero-order chi connectivity index (χ0) is 8.59. The standard InChI is InChI=1S/C6H5F4P/c7-2-1-3(11)5(9)6(10)4(2)8/h1H,11H4. The van der Waals surface area contributed by atoms with Crippen molar-refractivity contribution < 1.29 is 17.6 Å². The molecule has 0 saturated heterocycles. The number of hydrogen-bond donors (Lipinski definition) is 0. The summed E-state index contributed by atoms with van der Waals surface area (Å²) in [6, 6.07) is 0.667. The SMILES string of the molecule is Fc1cc([PH4])c(F)c(F)c1F. The van der Waals surface area contributed by atoms with E-state index in [1.165, 1.54) is 0 Å². The summed E-state index contributed by atoms with van der Waals surface area (Å²) in [5.41, 5.74) is 0. The fraction of sp³-hybridized carbons (Fsp3) is 0. The molecule has 1 aromatic carbocycles. The molecule has 1 rings (SSSR count). The van der Waals surface area contributed by atoms with Gasteiger partial charge in [-0.05, 0) is 0 Å². The van der Waals surface area contributed by atoms with Crippen LogP contribution in [-0.4, -0.2) is 0 Å². The molecule has 0 aliphatic carbocycles. The Morgan fingerprint density at radius 2 is 1.45 bits per heavy atom. The first-order valence-electron chi connectivity index (χ1n) is 2.83. The molecular formula is C6H5F4P. The Kier molecular flexibility index (Phi) is 2.14. The van der Waals surface area contributed by atoms with E-state index in [1.54, 1.807) is 0 Å². The molecule has 1 aromatic rings. The molecule has 0 unspecified atom stereocenters. The van der Waals surface area contributed by atoms with Crippen molar-refractivity contribution >= 4 is 14.5 Å². The summed E-state index contributed by atoms with van der Waals surface area (Å²) in [5.74, 6) is -6.10. The summed E-state index contributed by atoms with van der Waals surface area (Å²) in [5, 5.41) is -0.110. The van der Waals surface area contributed by atoms with Gasteiger partial charge in [-0.25, -0.2) is 0 Å². The Morgan fingerprint density at radius 1 is 0.909 bits per heavy atom. The van der Waals surface area contributed by atoms with Gasteiger partial charge in [0.1, 0.15) is 0 Å². The van der Waals surface area contributed by atoms with Gasteiger partial charge >= 0.3 is 61.4 Å². The molecule has 11 heavy (non-hydrogen) atoms. The first kappa shape index (κ1) is 8.47. The van der Waals surface area contributed by atoms with Gasteiger partial charge in [0.25, 0.3) is 0 Å². The van der Waals surface area contributed by atoms with E-state index in [-0.39, 0.29) is 14.5 Å². The van der Waals surface area contributed by atoms with Gasteiger partial charge < -0.3 is 0 Å². The summed E-state index contributed by atoms with van der Waals surface area (Å²) in [4.78, 5) is 0. The molecule has 0 N–H and O–H groups in total. The van der Waals surface area contributed by atoms with Crippen molar-refractivity contribution in [3.63, 3.8) is 0 Å². The van der Waals surface area contributed by atoms with Crippen LogP contribution in [0.4, 0.5) is 17.6 Å². The third-order valence-electron chi connectivity index (χ3n) is 1.28. The molecule has 0 radical (unpaired) electrons. The summed E-state index contributed by atoms with van der Waals surface area (Å²) in [6.45, 7) is 0. The molecular weight excluding hydrogens is 179 g/mol. The van der Waals surface area contributed by atoms with E-state index >= 15 is 0 Å². The zero-order valence-electron chi connectivity index (χ0n) is 5.59. The van der Waals surface area contributed by atoms with Crippen molar-refractivity contribution in [2.45, 2.75) is 0 Å². The van der Waals surface area contributed by atoms with Gasteiger partial charge in [-0.15, -0.1) is 0 Å². The fourth-order valence-electron chi connectivity index (χ4n) is 0.691. The molecule has 0 atom stereocenters. The maximum atomic E-state index is 12.4. The molecule has 0 bridgehead atoms. The Hall–Kier alpha value is -0.630. The van der Waals surface area contributed by atoms with Gasteiger partial charge in [0.2, 0.25) is 0 Å². The van der Waals surface area contributed by atoms with Crippen LogP contribution < -0.4 is 5.30 Å². The van der Waals surface area contributed by atoms with Crippen LogP contribution >= 0.6 is 9.24 Å². The molecule has 0 aliphatic heterocycles. The minimum atomic E-state index is -1.75. The number of benzene rings is 1. The van der Waals surface area contributed by atoms with E-state index < -0.39 is 23.3 Å². The number of halogens is 4. The molecule has 0 saturated carbocycles. The normalized spacial score (nSPS) is 10.4. The zero-order valence-corrected chi connectivity index (χ0v) is 7.59. The first-order chi connectivity index (χ1) is 5.04. The summed E-state index contributed by atoms with van der Waals surface area (Å²) in [7, 11) is 0.150. The van der Waals surface area contributed by atoms with Crippen LogP contribution in [-0.2, 0) is 0 Å². The van der Waals surface area contributed by atoms with E-state index in [4.69, 9.17) is 0 Å². The van der Waals surface area contributed by atoms with Crippen molar-refractivity contribution in [3.05, 3.63) is 29.3 Å². The van der Waals surface area contributed by atoms with Crippen LogP contribution in [0.5, 0.6) is 0 Å².